The zero-order valence-electron chi connectivity index (χ0n) is 10.1. The van der Waals surface area contributed by atoms with Gasteiger partial charge >= 0.3 is 0 Å². The van der Waals surface area contributed by atoms with Gasteiger partial charge in [-0.2, -0.15) is 0 Å². The first-order chi connectivity index (χ1) is 8.70. The SMILES string of the molecule is CCCNc1ccnc(-c2ccc(F)cc2F)c1. The van der Waals surface area contributed by atoms with Gasteiger partial charge in [0, 0.05) is 30.1 Å². The third kappa shape index (κ3) is 2.83. The molecule has 0 spiro atoms. The number of benzene rings is 1. The van der Waals surface area contributed by atoms with Crippen molar-refractivity contribution in [3.05, 3.63) is 48.2 Å². The highest BCUT2D eigenvalue weighted by Crippen LogP contribution is 2.23. The zero-order valence-corrected chi connectivity index (χ0v) is 10.1. The molecule has 0 fully saturated rings. The Hall–Kier alpha value is -1.97. The summed E-state index contributed by atoms with van der Waals surface area (Å²) in [4.78, 5) is 4.11. The van der Waals surface area contributed by atoms with E-state index in [-0.39, 0.29) is 0 Å². The average Bonchev–Trinajstić information content (AvgIpc) is 2.36. The first-order valence-electron chi connectivity index (χ1n) is 5.86. The lowest BCUT2D eigenvalue weighted by atomic mass is 10.1. The molecule has 94 valence electrons. The van der Waals surface area contributed by atoms with Crippen LogP contribution >= 0.6 is 0 Å². The predicted octanol–water partition coefficient (Wildman–Crippen LogP) is 3.85. The first-order valence-corrected chi connectivity index (χ1v) is 5.86. The van der Waals surface area contributed by atoms with Crippen molar-refractivity contribution in [3.63, 3.8) is 0 Å². The van der Waals surface area contributed by atoms with Crippen LogP contribution in [0.2, 0.25) is 0 Å². The zero-order chi connectivity index (χ0) is 13.0. The summed E-state index contributed by atoms with van der Waals surface area (Å²) >= 11 is 0. The fraction of sp³-hybridized carbons (Fsp3) is 0.214. The Kier molecular flexibility index (Phi) is 3.87. The number of aromatic nitrogens is 1. The van der Waals surface area contributed by atoms with Crippen molar-refractivity contribution >= 4 is 5.69 Å². The molecule has 0 saturated heterocycles. The van der Waals surface area contributed by atoms with Crippen molar-refractivity contribution in [1.29, 1.82) is 0 Å². The van der Waals surface area contributed by atoms with Crippen LogP contribution in [0.5, 0.6) is 0 Å². The minimum atomic E-state index is -0.602. The number of hydrogen-bond donors (Lipinski definition) is 1. The molecule has 0 saturated carbocycles. The topological polar surface area (TPSA) is 24.9 Å². The summed E-state index contributed by atoms with van der Waals surface area (Å²) in [5.74, 6) is -1.19. The van der Waals surface area contributed by atoms with E-state index < -0.39 is 11.6 Å². The van der Waals surface area contributed by atoms with Crippen LogP contribution in [0, 0.1) is 11.6 Å². The number of hydrogen-bond acceptors (Lipinski definition) is 2. The molecule has 0 atom stereocenters. The van der Waals surface area contributed by atoms with E-state index in [0.717, 1.165) is 24.7 Å². The molecule has 0 aliphatic heterocycles. The van der Waals surface area contributed by atoms with Crippen molar-refractivity contribution < 1.29 is 8.78 Å². The second-order valence-corrected chi connectivity index (χ2v) is 3.98. The van der Waals surface area contributed by atoms with Crippen LogP contribution in [0.15, 0.2) is 36.5 Å². The standard InChI is InChI=1S/C14H14F2N2/c1-2-6-17-11-5-7-18-14(9-11)12-4-3-10(15)8-13(12)16/h3-5,7-9H,2,6H2,1H3,(H,17,18). The van der Waals surface area contributed by atoms with Crippen LogP contribution in [0.1, 0.15) is 13.3 Å². The van der Waals surface area contributed by atoms with Gasteiger partial charge in [-0.3, -0.25) is 4.98 Å². The highest BCUT2D eigenvalue weighted by atomic mass is 19.1. The van der Waals surface area contributed by atoms with Crippen LogP contribution in [0.3, 0.4) is 0 Å². The van der Waals surface area contributed by atoms with E-state index in [1.807, 2.05) is 6.07 Å². The predicted molar refractivity (Wildman–Crippen MR) is 68.4 cm³/mol. The van der Waals surface area contributed by atoms with Crippen molar-refractivity contribution in [1.82, 2.24) is 4.98 Å². The maximum Gasteiger partial charge on any atom is 0.135 e. The van der Waals surface area contributed by atoms with Crippen LogP contribution in [0.4, 0.5) is 14.5 Å². The molecule has 0 unspecified atom stereocenters. The Bertz CT molecular complexity index is 541. The molecular formula is C14H14F2N2. The fourth-order valence-corrected chi connectivity index (χ4v) is 1.65. The van der Waals surface area contributed by atoms with Gasteiger partial charge < -0.3 is 5.32 Å². The summed E-state index contributed by atoms with van der Waals surface area (Å²) in [5, 5.41) is 3.20. The van der Waals surface area contributed by atoms with E-state index in [4.69, 9.17) is 0 Å². The van der Waals surface area contributed by atoms with Gasteiger partial charge in [-0.25, -0.2) is 8.78 Å². The minimum absolute atomic E-state index is 0.302. The molecular weight excluding hydrogens is 234 g/mol. The molecule has 1 heterocycles. The van der Waals surface area contributed by atoms with Gasteiger partial charge in [0.15, 0.2) is 0 Å². The van der Waals surface area contributed by atoms with Gasteiger partial charge in [-0.05, 0) is 30.7 Å². The molecule has 0 bridgehead atoms. The van der Waals surface area contributed by atoms with Crippen molar-refractivity contribution in [2.24, 2.45) is 0 Å². The summed E-state index contributed by atoms with van der Waals surface area (Å²) in [7, 11) is 0. The molecule has 1 aromatic heterocycles. The average molecular weight is 248 g/mol. The van der Waals surface area contributed by atoms with Crippen molar-refractivity contribution in [2.75, 3.05) is 11.9 Å². The maximum atomic E-state index is 13.6. The number of pyridine rings is 1. The summed E-state index contributed by atoms with van der Waals surface area (Å²) < 4.78 is 26.5. The molecule has 2 nitrogen and oxygen atoms in total. The number of nitrogens with one attached hydrogen (secondary N) is 1. The normalized spacial score (nSPS) is 10.4. The summed E-state index contributed by atoms with van der Waals surface area (Å²) in [5.41, 5.74) is 1.68. The van der Waals surface area contributed by atoms with Gasteiger partial charge in [-0.15, -0.1) is 0 Å². The Morgan fingerprint density at radius 3 is 2.72 bits per heavy atom. The number of rotatable bonds is 4. The van der Waals surface area contributed by atoms with Crippen LogP contribution < -0.4 is 5.32 Å². The van der Waals surface area contributed by atoms with Crippen LogP contribution in [-0.2, 0) is 0 Å². The second kappa shape index (κ2) is 5.58. The van der Waals surface area contributed by atoms with E-state index in [1.165, 1.54) is 12.1 Å². The molecule has 1 aromatic carbocycles. The number of nitrogens with zero attached hydrogens (tertiary/aromatic N) is 1. The Morgan fingerprint density at radius 2 is 2.00 bits per heavy atom. The van der Waals surface area contributed by atoms with Gasteiger partial charge in [0.1, 0.15) is 11.6 Å². The number of anilines is 1. The van der Waals surface area contributed by atoms with Gasteiger partial charge in [0.25, 0.3) is 0 Å². The number of halogens is 2. The van der Waals surface area contributed by atoms with E-state index in [0.29, 0.717) is 11.3 Å². The lowest BCUT2D eigenvalue weighted by Crippen LogP contribution is -2.00. The monoisotopic (exact) mass is 248 g/mol. The fourth-order valence-electron chi connectivity index (χ4n) is 1.65. The van der Waals surface area contributed by atoms with Gasteiger partial charge in [0.05, 0.1) is 5.69 Å². The highest BCUT2D eigenvalue weighted by Gasteiger charge is 2.08. The van der Waals surface area contributed by atoms with E-state index in [2.05, 4.69) is 17.2 Å². The lowest BCUT2D eigenvalue weighted by Gasteiger charge is -2.07. The van der Waals surface area contributed by atoms with Crippen LogP contribution in [0.25, 0.3) is 11.3 Å². The molecule has 18 heavy (non-hydrogen) atoms. The maximum absolute atomic E-state index is 13.6. The molecule has 0 aliphatic carbocycles. The third-order valence-corrected chi connectivity index (χ3v) is 2.55. The largest absolute Gasteiger partial charge is 0.385 e. The summed E-state index contributed by atoms with van der Waals surface area (Å²) in [6.45, 7) is 2.91. The summed E-state index contributed by atoms with van der Waals surface area (Å²) in [6.07, 6.45) is 2.61. The quantitative estimate of drug-likeness (QED) is 0.889. The Labute approximate surface area is 105 Å². The van der Waals surface area contributed by atoms with Crippen molar-refractivity contribution in [3.8, 4) is 11.3 Å². The van der Waals surface area contributed by atoms with Crippen molar-refractivity contribution in [2.45, 2.75) is 13.3 Å². The van der Waals surface area contributed by atoms with Crippen LogP contribution in [-0.4, -0.2) is 11.5 Å². The second-order valence-electron chi connectivity index (χ2n) is 3.98. The lowest BCUT2D eigenvalue weighted by molar-refractivity contribution is 0.585. The molecule has 0 amide bonds. The third-order valence-electron chi connectivity index (χ3n) is 2.55. The van der Waals surface area contributed by atoms with Gasteiger partial charge in [0.2, 0.25) is 0 Å². The smallest absolute Gasteiger partial charge is 0.135 e. The Morgan fingerprint density at radius 1 is 1.17 bits per heavy atom. The Balaban J connectivity index is 2.32. The first kappa shape index (κ1) is 12.5. The van der Waals surface area contributed by atoms with E-state index >= 15 is 0 Å². The van der Waals surface area contributed by atoms with Gasteiger partial charge in [-0.1, -0.05) is 6.92 Å². The molecule has 2 rings (SSSR count). The highest BCUT2D eigenvalue weighted by molar-refractivity contribution is 5.64. The molecule has 2 aromatic rings. The van der Waals surface area contributed by atoms with E-state index in [9.17, 15) is 8.78 Å². The molecule has 0 aliphatic rings. The summed E-state index contributed by atoms with van der Waals surface area (Å²) in [6, 6.07) is 7.07. The van der Waals surface area contributed by atoms with E-state index in [1.54, 1.807) is 12.3 Å². The molecule has 1 N–H and O–H groups in total. The molecule has 4 heteroatoms. The minimum Gasteiger partial charge on any atom is -0.385 e. The molecule has 0 radical (unpaired) electrons.